The lowest BCUT2D eigenvalue weighted by atomic mass is 10.2. The van der Waals surface area contributed by atoms with Gasteiger partial charge in [0.25, 0.3) is 0 Å². The normalized spacial score (nSPS) is 14.4. The van der Waals surface area contributed by atoms with Crippen LogP contribution in [0.3, 0.4) is 0 Å². The van der Waals surface area contributed by atoms with Gasteiger partial charge in [-0.2, -0.15) is 18.2 Å². The zero-order valence-electron chi connectivity index (χ0n) is 15.8. The SMILES string of the molecule is Cc1nc2c([nH]1)CCN(c1nc(Nc3ccc(Cl)c(Cl)c3)ncc1C(F)(F)F)CC2. The van der Waals surface area contributed by atoms with Crippen molar-refractivity contribution in [2.75, 3.05) is 23.3 Å². The van der Waals surface area contributed by atoms with Crippen LogP contribution in [-0.4, -0.2) is 33.0 Å². The van der Waals surface area contributed by atoms with Crippen LogP contribution in [0.4, 0.5) is 30.6 Å². The standard InChI is InChI=1S/C19H17Cl2F3N6/c1-10-26-15-4-6-30(7-5-16(15)27-10)17-12(19(22,23)24)9-25-18(29-17)28-11-2-3-13(20)14(21)8-11/h2-3,8-9H,4-7H2,1H3,(H,26,27)(H,25,28,29). The van der Waals surface area contributed by atoms with E-state index in [-0.39, 0.29) is 11.8 Å². The Kier molecular flexibility index (Phi) is 5.50. The van der Waals surface area contributed by atoms with E-state index in [4.69, 9.17) is 23.2 Å². The van der Waals surface area contributed by atoms with Crippen molar-refractivity contribution >= 4 is 40.7 Å². The van der Waals surface area contributed by atoms with E-state index < -0.39 is 11.7 Å². The summed E-state index contributed by atoms with van der Waals surface area (Å²) < 4.78 is 40.9. The van der Waals surface area contributed by atoms with E-state index in [1.54, 1.807) is 23.1 Å². The number of aromatic nitrogens is 4. The van der Waals surface area contributed by atoms with Gasteiger partial charge in [0, 0.05) is 43.5 Å². The molecule has 0 radical (unpaired) electrons. The van der Waals surface area contributed by atoms with Crippen LogP contribution >= 0.6 is 23.2 Å². The molecule has 3 aromatic rings. The van der Waals surface area contributed by atoms with Crippen molar-refractivity contribution in [3.05, 3.63) is 57.2 Å². The number of benzene rings is 1. The molecule has 1 aromatic carbocycles. The summed E-state index contributed by atoms with van der Waals surface area (Å²) >= 11 is 11.9. The lowest BCUT2D eigenvalue weighted by Crippen LogP contribution is -2.30. The van der Waals surface area contributed by atoms with Crippen LogP contribution in [0, 0.1) is 6.92 Å². The van der Waals surface area contributed by atoms with Gasteiger partial charge < -0.3 is 15.2 Å². The van der Waals surface area contributed by atoms with E-state index in [2.05, 4.69) is 25.3 Å². The summed E-state index contributed by atoms with van der Waals surface area (Å²) in [6.07, 6.45) is -2.70. The van der Waals surface area contributed by atoms with Crippen molar-refractivity contribution in [1.82, 2.24) is 19.9 Å². The molecule has 0 spiro atoms. The predicted octanol–water partition coefficient (Wildman–Crippen LogP) is 5.18. The number of anilines is 3. The topological polar surface area (TPSA) is 69.7 Å². The first-order chi connectivity index (χ1) is 14.2. The highest BCUT2D eigenvalue weighted by atomic mass is 35.5. The number of aryl methyl sites for hydroxylation is 1. The Bertz CT molecular complexity index is 1060. The van der Waals surface area contributed by atoms with Crippen LogP contribution in [-0.2, 0) is 19.0 Å². The Morgan fingerprint density at radius 2 is 1.87 bits per heavy atom. The van der Waals surface area contributed by atoms with E-state index in [0.717, 1.165) is 23.4 Å². The minimum atomic E-state index is -4.58. The van der Waals surface area contributed by atoms with E-state index in [1.165, 1.54) is 0 Å². The summed E-state index contributed by atoms with van der Waals surface area (Å²) in [5.41, 5.74) is 1.47. The lowest BCUT2D eigenvalue weighted by molar-refractivity contribution is -0.137. The molecule has 0 amide bonds. The van der Waals surface area contributed by atoms with Gasteiger partial charge in [-0.15, -0.1) is 0 Å². The van der Waals surface area contributed by atoms with Crippen molar-refractivity contribution in [3.8, 4) is 0 Å². The molecule has 0 unspecified atom stereocenters. The molecule has 2 aromatic heterocycles. The fourth-order valence-corrected chi connectivity index (χ4v) is 3.69. The summed E-state index contributed by atoms with van der Waals surface area (Å²) in [6.45, 7) is 2.60. The molecular formula is C19H17Cl2F3N6. The molecule has 6 nitrogen and oxygen atoms in total. The molecule has 0 fully saturated rings. The molecule has 0 atom stereocenters. The molecule has 11 heteroatoms. The molecule has 0 bridgehead atoms. The van der Waals surface area contributed by atoms with Crippen molar-refractivity contribution in [3.63, 3.8) is 0 Å². The summed E-state index contributed by atoms with van der Waals surface area (Å²) in [6, 6.07) is 4.77. The summed E-state index contributed by atoms with van der Waals surface area (Å²) in [5.74, 6) is 0.676. The van der Waals surface area contributed by atoms with Crippen LogP contribution in [0.2, 0.25) is 10.0 Å². The van der Waals surface area contributed by atoms with E-state index in [0.29, 0.717) is 41.7 Å². The Hall–Kier alpha value is -2.52. The number of hydrogen-bond acceptors (Lipinski definition) is 5. The number of nitrogens with one attached hydrogen (secondary N) is 2. The highest BCUT2D eigenvalue weighted by Crippen LogP contribution is 2.36. The van der Waals surface area contributed by atoms with Gasteiger partial charge in [0.2, 0.25) is 5.95 Å². The fourth-order valence-electron chi connectivity index (χ4n) is 3.39. The monoisotopic (exact) mass is 456 g/mol. The molecule has 158 valence electrons. The van der Waals surface area contributed by atoms with E-state index in [9.17, 15) is 13.2 Å². The van der Waals surface area contributed by atoms with Gasteiger partial charge in [0.05, 0.1) is 15.7 Å². The molecule has 30 heavy (non-hydrogen) atoms. The summed E-state index contributed by atoms with van der Waals surface area (Å²) in [5, 5.41) is 3.57. The van der Waals surface area contributed by atoms with Crippen molar-refractivity contribution < 1.29 is 13.2 Å². The molecule has 4 rings (SSSR count). The summed E-state index contributed by atoms with van der Waals surface area (Å²) in [4.78, 5) is 17.3. The Morgan fingerprint density at radius 1 is 1.10 bits per heavy atom. The van der Waals surface area contributed by atoms with Gasteiger partial charge in [0.1, 0.15) is 17.2 Å². The summed E-state index contributed by atoms with van der Waals surface area (Å²) in [7, 11) is 0. The molecule has 0 saturated carbocycles. The Morgan fingerprint density at radius 3 is 2.60 bits per heavy atom. The lowest BCUT2D eigenvalue weighted by Gasteiger charge is -2.25. The van der Waals surface area contributed by atoms with Gasteiger partial charge in [-0.25, -0.2) is 9.97 Å². The molecule has 0 aliphatic carbocycles. The number of hydrogen-bond donors (Lipinski definition) is 2. The highest BCUT2D eigenvalue weighted by Gasteiger charge is 2.37. The number of nitrogens with zero attached hydrogens (tertiary/aromatic N) is 4. The molecule has 2 N–H and O–H groups in total. The molecular weight excluding hydrogens is 440 g/mol. The Balaban J connectivity index is 1.65. The van der Waals surface area contributed by atoms with Crippen molar-refractivity contribution in [1.29, 1.82) is 0 Å². The van der Waals surface area contributed by atoms with E-state index >= 15 is 0 Å². The minimum absolute atomic E-state index is 0.0353. The van der Waals surface area contributed by atoms with Gasteiger partial charge in [-0.1, -0.05) is 23.2 Å². The van der Waals surface area contributed by atoms with E-state index in [1.807, 2.05) is 6.92 Å². The highest BCUT2D eigenvalue weighted by molar-refractivity contribution is 6.42. The number of halogens is 5. The molecule has 1 aliphatic heterocycles. The largest absolute Gasteiger partial charge is 0.421 e. The molecule has 1 aliphatic rings. The van der Waals surface area contributed by atoms with Gasteiger partial charge in [-0.3, -0.25) is 0 Å². The zero-order chi connectivity index (χ0) is 21.5. The first-order valence-corrected chi connectivity index (χ1v) is 9.92. The Labute approximate surface area is 180 Å². The first-order valence-electron chi connectivity index (χ1n) is 9.16. The maximum atomic E-state index is 13.6. The van der Waals surface area contributed by atoms with Gasteiger partial charge in [-0.05, 0) is 25.1 Å². The zero-order valence-corrected chi connectivity index (χ0v) is 17.3. The van der Waals surface area contributed by atoms with Gasteiger partial charge in [0.15, 0.2) is 0 Å². The molecule has 0 saturated heterocycles. The van der Waals surface area contributed by atoms with Crippen LogP contribution in [0.5, 0.6) is 0 Å². The van der Waals surface area contributed by atoms with Gasteiger partial charge >= 0.3 is 6.18 Å². The quantitative estimate of drug-likeness (QED) is 0.567. The average Bonchev–Trinajstić information content (AvgIpc) is 2.92. The maximum absolute atomic E-state index is 13.6. The predicted molar refractivity (Wildman–Crippen MR) is 110 cm³/mol. The number of alkyl halides is 3. The third-order valence-corrected chi connectivity index (χ3v) is 5.52. The van der Waals surface area contributed by atoms with Crippen LogP contribution < -0.4 is 10.2 Å². The van der Waals surface area contributed by atoms with Crippen molar-refractivity contribution in [2.24, 2.45) is 0 Å². The number of imidazole rings is 1. The average molecular weight is 457 g/mol. The third-order valence-electron chi connectivity index (χ3n) is 4.78. The maximum Gasteiger partial charge on any atom is 0.421 e. The second-order valence-corrected chi connectivity index (χ2v) is 7.73. The fraction of sp³-hybridized carbons (Fsp3) is 0.316. The van der Waals surface area contributed by atoms with Crippen molar-refractivity contribution in [2.45, 2.75) is 25.9 Å². The number of aromatic amines is 1. The second-order valence-electron chi connectivity index (χ2n) is 6.92. The van der Waals surface area contributed by atoms with Crippen LogP contribution in [0.25, 0.3) is 0 Å². The number of fused-ring (bicyclic) bond motifs is 1. The van der Waals surface area contributed by atoms with Crippen LogP contribution in [0.1, 0.15) is 22.8 Å². The second kappa shape index (κ2) is 7.96. The third kappa shape index (κ3) is 4.32. The first kappa shape index (κ1) is 20.7. The number of H-pyrrole nitrogens is 1. The number of rotatable bonds is 3. The minimum Gasteiger partial charge on any atom is -0.355 e. The smallest absolute Gasteiger partial charge is 0.355 e. The van der Waals surface area contributed by atoms with Crippen LogP contribution in [0.15, 0.2) is 24.4 Å². The molecule has 3 heterocycles.